The second kappa shape index (κ2) is 13.0. The van der Waals surface area contributed by atoms with E-state index >= 15 is 0 Å². The predicted octanol–water partition coefficient (Wildman–Crippen LogP) is 4.10. The van der Waals surface area contributed by atoms with Gasteiger partial charge in [-0.25, -0.2) is 8.42 Å². The molecule has 0 aliphatic carbocycles. The monoisotopic (exact) mass is 543 g/mol. The zero-order valence-corrected chi connectivity index (χ0v) is 22.6. The highest BCUT2D eigenvalue weighted by atomic mass is 35.5. The van der Waals surface area contributed by atoms with E-state index < -0.39 is 28.5 Å². The van der Waals surface area contributed by atoms with Crippen molar-refractivity contribution < 1.29 is 22.7 Å². The number of nitrogens with zero attached hydrogens (tertiary/aromatic N) is 2. The van der Waals surface area contributed by atoms with Crippen LogP contribution in [0.3, 0.4) is 0 Å². The lowest BCUT2D eigenvalue weighted by Crippen LogP contribution is -2.52. The van der Waals surface area contributed by atoms with Crippen molar-refractivity contribution >= 4 is 50.7 Å². The molecule has 0 aliphatic heterocycles. The van der Waals surface area contributed by atoms with Gasteiger partial charge in [-0.05, 0) is 50.1 Å². The summed E-state index contributed by atoms with van der Waals surface area (Å²) in [6.07, 6.45) is 1.35. The van der Waals surface area contributed by atoms with Crippen LogP contribution in [0.5, 0.6) is 5.75 Å². The van der Waals surface area contributed by atoms with Crippen LogP contribution in [-0.4, -0.2) is 57.1 Å². The van der Waals surface area contributed by atoms with Crippen molar-refractivity contribution in [2.24, 2.45) is 0 Å². The second-order valence-corrected chi connectivity index (χ2v) is 10.5. The quantitative estimate of drug-likeness (QED) is 0.434. The predicted molar refractivity (Wildman–Crippen MR) is 140 cm³/mol. The van der Waals surface area contributed by atoms with Gasteiger partial charge in [0.25, 0.3) is 0 Å². The minimum atomic E-state index is -3.87. The molecule has 2 amide bonds. The molecule has 8 nitrogen and oxygen atoms in total. The molecule has 0 spiro atoms. The van der Waals surface area contributed by atoms with Gasteiger partial charge in [-0.2, -0.15) is 0 Å². The third-order valence-corrected chi connectivity index (χ3v) is 7.05. The molecule has 35 heavy (non-hydrogen) atoms. The van der Waals surface area contributed by atoms with Crippen molar-refractivity contribution in [3.05, 3.63) is 58.1 Å². The number of ether oxygens (including phenoxy) is 1. The molecule has 2 aromatic rings. The topological polar surface area (TPSA) is 96.0 Å². The van der Waals surface area contributed by atoms with E-state index in [0.717, 1.165) is 10.6 Å². The van der Waals surface area contributed by atoms with Crippen LogP contribution in [-0.2, 0) is 26.2 Å². The molecule has 0 aliphatic rings. The lowest BCUT2D eigenvalue weighted by atomic mass is 10.1. The van der Waals surface area contributed by atoms with Gasteiger partial charge in [-0.15, -0.1) is 0 Å². The first kappa shape index (κ1) is 28.7. The van der Waals surface area contributed by atoms with E-state index in [-0.39, 0.29) is 18.1 Å². The van der Waals surface area contributed by atoms with E-state index in [0.29, 0.717) is 40.9 Å². The summed E-state index contributed by atoms with van der Waals surface area (Å²) in [6.45, 7) is 5.59. The average Bonchev–Trinajstić information content (AvgIpc) is 2.79. The number of likely N-dealkylation sites (N-methyl/N-ethyl adjacent to an activating group) is 1. The molecule has 0 saturated carbocycles. The minimum absolute atomic E-state index is 0.0378. The number of nitrogens with one attached hydrogen (secondary N) is 1. The minimum Gasteiger partial charge on any atom is -0.492 e. The van der Waals surface area contributed by atoms with Gasteiger partial charge in [0, 0.05) is 13.1 Å². The Morgan fingerprint density at radius 3 is 2.31 bits per heavy atom. The number of hydrogen-bond donors (Lipinski definition) is 1. The zero-order chi connectivity index (χ0) is 26.2. The molecule has 0 radical (unpaired) electrons. The molecule has 1 N–H and O–H groups in total. The van der Waals surface area contributed by atoms with Gasteiger partial charge >= 0.3 is 0 Å². The fourth-order valence-corrected chi connectivity index (χ4v) is 4.76. The summed E-state index contributed by atoms with van der Waals surface area (Å²) in [5, 5.41) is 3.42. The Morgan fingerprint density at radius 1 is 1.06 bits per heavy atom. The molecule has 0 aromatic heterocycles. The molecule has 2 aromatic carbocycles. The van der Waals surface area contributed by atoms with Crippen LogP contribution in [0.1, 0.15) is 32.8 Å². The van der Waals surface area contributed by atoms with E-state index in [1.165, 1.54) is 4.90 Å². The standard InChI is InChI=1S/C24H31Cl2N3O5S/c1-5-20(24(31)27-6-2)28(15-17-12-13-18(25)19(26)14-17)23(30)16-29(35(4,32)33)21-10-8-9-11-22(21)34-7-3/h8-14,20H,5-7,15-16H2,1-4H3,(H,27,31). The lowest BCUT2D eigenvalue weighted by Gasteiger charge is -2.33. The Labute approximate surface area is 217 Å². The van der Waals surface area contributed by atoms with Crippen LogP contribution in [0.2, 0.25) is 10.0 Å². The maximum Gasteiger partial charge on any atom is 0.244 e. The molecule has 1 atom stereocenters. The van der Waals surface area contributed by atoms with Gasteiger partial charge in [0.15, 0.2) is 0 Å². The Kier molecular flexibility index (Phi) is 10.7. The van der Waals surface area contributed by atoms with Gasteiger partial charge in [-0.3, -0.25) is 13.9 Å². The molecular formula is C24H31Cl2N3O5S. The summed E-state index contributed by atoms with van der Waals surface area (Å²) in [4.78, 5) is 27.8. The summed E-state index contributed by atoms with van der Waals surface area (Å²) >= 11 is 12.2. The van der Waals surface area contributed by atoms with Crippen LogP contribution >= 0.6 is 23.2 Å². The van der Waals surface area contributed by atoms with Gasteiger partial charge in [0.2, 0.25) is 21.8 Å². The van der Waals surface area contributed by atoms with Gasteiger partial charge in [-0.1, -0.05) is 48.3 Å². The van der Waals surface area contributed by atoms with Crippen LogP contribution < -0.4 is 14.4 Å². The molecule has 11 heteroatoms. The number of benzene rings is 2. The van der Waals surface area contributed by atoms with Crippen molar-refractivity contribution in [1.29, 1.82) is 0 Å². The first-order valence-corrected chi connectivity index (χ1v) is 13.8. The number of halogens is 2. The molecule has 0 fully saturated rings. The van der Waals surface area contributed by atoms with E-state index in [2.05, 4.69) is 5.32 Å². The normalized spacial score (nSPS) is 12.1. The smallest absolute Gasteiger partial charge is 0.244 e. The number of rotatable bonds is 12. The van der Waals surface area contributed by atoms with Crippen LogP contribution in [0, 0.1) is 0 Å². The molecule has 1 unspecified atom stereocenters. The highest BCUT2D eigenvalue weighted by Gasteiger charge is 2.32. The molecule has 192 valence electrons. The number of amides is 2. The third-order valence-electron chi connectivity index (χ3n) is 5.19. The SMILES string of the molecule is CCNC(=O)C(CC)N(Cc1ccc(Cl)c(Cl)c1)C(=O)CN(c1ccccc1OCC)S(C)(=O)=O. The van der Waals surface area contributed by atoms with Crippen LogP contribution in [0.4, 0.5) is 5.69 Å². The average molecular weight is 545 g/mol. The number of para-hydroxylation sites is 2. The van der Waals surface area contributed by atoms with E-state index in [4.69, 9.17) is 27.9 Å². The number of hydrogen-bond acceptors (Lipinski definition) is 5. The van der Waals surface area contributed by atoms with Crippen molar-refractivity contribution in [3.63, 3.8) is 0 Å². The summed E-state index contributed by atoms with van der Waals surface area (Å²) in [7, 11) is -3.87. The summed E-state index contributed by atoms with van der Waals surface area (Å²) < 4.78 is 32.1. The highest BCUT2D eigenvalue weighted by Crippen LogP contribution is 2.30. The fourth-order valence-electron chi connectivity index (χ4n) is 3.58. The lowest BCUT2D eigenvalue weighted by molar-refractivity contribution is -0.140. The van der Waals surface area contributed by atoms with Gasteiger partial charge in [0.05, 0.1) is 28.6 Å². The molecule has 0 bridgehead atoms. The van der Waals surface area contributed by atoms with Crippen LogP contribution in [0.15, 0.2) is 42.5 Å². The number of carbonyl (C=O) groups excluding carboxylic acids is 2. The first-order valence-electron chi connectivity index (χ1n) is 11.2. The fraction of sp³-hybridized carbons (Fsp3) is 0.417. The Morgan fingerprint density at radius 2 is 1.74 bits per heavy atom. The van der Waals surface area contributed by atoms with Crippen molar-refractivity contribution in [2.45, 2.75) is 39.8 Å². The largest absolute Gasteiger partial charge is 0.492 e. The highest BCUT2D eigenvalue weighted by molar-refractivity contribution is 7.92. The molecular weight excluding hydrogens is 513 g/mol. The second-order valence-electron chi connectivity index (χ2n) is 7.76. The molecule has 2 rings (SSSR count). The third kappa shape index (κ3) is 7.75. The maximum atomic E-state index is 13.6. The van der Waals surface area contributed by atoms with E-state index in [1.807, 2.05) is 0 Å². The van der Waals surface area contributed by atoms with Gasteiger partial charge in [0.1, 0.15) is 18.3 Å². The molecule has 0 heterocycles. The van der Waals surface area contributed by atoms with Crippen molar-refractivity contribution in [1.82, 2.24) is 10.2 Å². The number of sulfonamides is 1. The van der Waals surface area contributed by atoms with Crippen LogP contribution in [0.25, 0.3) is 0 Å². The first-order chi connectivity index (χ1) is 16.5. The van der Waals surface area contributed by atoms with E-state index in [1.54, 1.807) is 63.2 Å². The summed E-state index contributed by atoms with van der Waals surface area (Å²) in [5.74, 6) is -0.546. The van der Waals surface area contributed by atoms with Gasteiger partial charge < -0.3 is 15.0 Å². The number of carbonyl (C=O) groups is 2. The van der Waals surface area contributed by atoms with Crippen molar-refractivity contribution in [2.75, 3.05) is 30.3 Å². The molecule has 0 saturated heterocycles. The van der Waals surface area contributed by atoms with Crippen molar-refractivity contribution in [3.8, 4) is 5.75 Å². The summed E-state index contributed by atoms with van der Waals surface area (Å²) in [5.41, 5.74) is 0.891. The maximum absolute atomic E-state index is 13.6. The Bertz CT molecular complexity index is 1140. The zero-order valence-electron chi connectivity index (χ0n) is 20.3. The Hall–Kier alpha value is -2.49. The number of anilines is 1. The summed E-state index contributed by atoms with van der Waals surface area (Å²) in [6, 6.07) is 10.7. The Balaban J connectivity index is 2.49. The van der Waals surface area contributed by atoms with E-state index in [9.17, 15) is 18.0 Å².